The molecule has 0 unspecified atom stereocenters. The predicted molar refractivity (Wildman–Crippen MR) is 78.0 cm³/mol. The van der Waals surface area contributed by atoms with Crippen LogP contribution in [0, 0.1) is 11.6 Å². The van der Waals surface area contributed by atoms with Crippen molar-refractivity contribution < 1.29 is 28.2 Å². The fourth-order valence-electron chi connectivity index (χ4n) is 2.83. The molecule has 0 aliphatic carbocycles. The Morgan fingerprint density at radius 3 is 2.57 bits per heavy atom. The first-order valence-corrected chi connectivity index (χ1v) is 7.49. The van der Waals surface area contributed by atoms with Crippen molar-refractivity contribution >= 4 is 11.9 Å². The summed E-state index contributed by atoms with van der Waals surface area (Å²) in [5.41, 5.74) is -0.961. The maximum atomic E-state index is 14.2. The fourth-order valence-corrected chi connectivity index (χ4v) is 2.83. The van der Waals surface area contributed by atoms with Crippen LogP contribution in [0.2, 0.25) is 0 Å². The van der Waals surface area contributed by atoms with E-state index in [0.717, 1.165) is 12.1 Å². The number of benzene rings is 1. The summed E-state index contributed by atoms with van der Waals surface area (Å²) in [4.78, 5) is 23.1. The van der Waals surface area contributed by atoms with Crippen LogP contribution in [0.4, 0.5) is 8.78 Å². The smallest absolute Gasteiger partial charge is 0.303 e. The Labute approximate surface area is 132 Å². The number of carbonyl (C=O) groups is 2. The molecule has 5 nitrogen and oxygen atoms in total. The van der Waals surface area contributed by atoms with E-state index in [-0.39, 0.29) is 24.4 Å². The summed E-state index contributed by atoms with van der Waals surface area (Å²) in [6.45, 7) is 0.801. The molecule has 1 aromatic carbocycles. The molecule has 2 N–H and O–H groups in total. The summed E-state index contributed by atoms with van der Waals surface area (Å²) < 4.78 is 32.6. The van der Waals surface area contributed by atoms with E-state index in [1.54, 1.807) is 0 Å². The van der Waals surface area contributed by atoms with Gasteiger partial charge in [-0.15, -0.1) is 0 Å². The van der Waals surface area contributed by atoms with Gasteiger partial charge in [0, 0.05) is 37.8 Å². The Hall–Kier alpha value is -2.02. The number of hydrogen-bond donors (Lipinski definition) is 2. The molecule has 1 fully saturated rings. The maximum absolute atomic E-state index is 14.2. The average molecular weight is 327 g/mol. The van der Waals surface area contributed by atoms with Gasteiger partial charge in [-0.05, 0) is 25.3 Å². The maximum Gasteiger partial charge on any atom is 0.303 e. The van der Waals surface area contributed by atoms with Gasteiger partial charge in [-0.1, -0.05) is 6.07 Å². The number of amides is 1. The number of rotatable bonds is 6. The summed E-state index contributed by atoms with van der Waals surface area (Å²) in [7, 11) is 0. The zero-order valence-corrected chi connectivity index (χ0v) is 12.6. The van der Waals surface area contributed by atoms with Crippen molar-refractivity contribution in [3.05, 3.63) is 35.4 Å². The SMILES string of the molecule is O=C(O)CCCNC(=O)C1(c2ccc(F)cc2F)CCOCC1. The lowest BCUT2D eigenvalue weighted by atomic mass is 9.73. The minimum Gasteiger partial charge on any atom is -0.481 e. The standard InChI is InChI=1S/C16H19F2NO4/c17-11-3-4-12(13(18)10-11)16(5-8-23-9-6-16)15(22)19-7-1-2-14(20)21/h3-4,10H,1-2,5-9H2,(H,19,22)(H,20,21). The normalized spacial score (nSPS) is 16.8. The molecule has 7 heteroatoms. The van der Waals surface area contributed by atoms with Crippen LogP contribution in [-0.4, -0.2) is 36.7 Å². The van der Waals surface area contributed by atoms with Crippen molar-refractivity contribution in [3.63, 3.8) is 0 Å². The molecule has 1 saturated heterocycles. The molecule has 1 aromatic rings. The van der Waals surface area contributed by atoms with Crippen LogP contribution in [0.5, 0.6) is 0 Å². The van der Waals surface area contributed by atoms with Gasteiger partial charge in [0.05, 0.1) is 5.41 Å². The molecular formula is C16H19F2NO4. The minimum atomic E-state index is -1.11. The van der Waals surface area contributed by atoms with Crippen LogP contribution >= 0.6 is 0 Å². The van der Waals surface area contributed by atoms with Gasteiger partial charge >= 0.3 is 5.97 Å². The van der Waals surface area contributed by atoms with Gasteiger partial charge in [-0.3, -0.25) is 9.59 Å². The molecule has 0 spiro atoms. The number of carbonyl (C=O) groups excluding carboxylic acids is 1. The van der Waals surface area contributed by atoms with Gasteiger partial charge in [0.2, 0.25) is 5.91 Å². The van der Waals surface area contributed by atoms with Gasteiger partial charge in [-0.25, -0.2) is 8.78 Å². The molecule has 1 heterocycles. The molecule has 1 aliphatic heterocycles. The van der Waals surface area contributed by atoms with Crippen LogP contribution in [-0.2, 0) is 19.7 Å². The molecule has 2 rings (SSSR count). The van der Waals surface area contributed by atoms with Crippen LogP contribution in [0.15, 0.2) is 18.2 Å². The van der Waals surface area contributed by atoms with Crippen molar-refractivity contribution in [2.75, 3.05) is 19.8 Å². The number of nitrogens with one attached hydrogen (secondary N) is 1. The van der Waals surface area contributed by atoms with Crippen molar-refractivity contribution in [2.24, 2.45) is 0 Å². The van der Waals surface area contributed by atoms with Crippen LogP contribution in [0.25, 0.3) is 0 Å². The van der Waals surface area contributed by atoms with Crippen molar-refractivity contribution in [1.29, 1.82) is 0 Å². The van der Waals surface area contributed by atoms with E-state index in [1.165, 1.54) is 6.07 Å². The van der Waals surface area contributed by atoms with Crippen molar-refractivity contribution in [3.8, 4) is 0 Å². The summed E-state index contributed by atoms with van der Waals surface area (Å²) >= 11 is 0. The number of ether oxygens (including phenoxy) is 1. The molecule has 0 saturated carbocycles. The molecular weight excluding hydrogens is 308 g/mol. The molecule has 0 radical (unpaired) electrons. The van der Waals surface area contributed by atoms with Gasteiger partial charge in [-0.2, -0.15) is 0 Å². The third kappa shape index (κ3) is 4.04. The molecule has 23 heavy (non-hydrogen) atoms. The minimum absolute atomic E-state index is 0.0543. The third-order valence-corrected chi connectivity index (χ3v) is 4.08. The van der Waals surface area contributed by atoms with E-state index in [4.69, 9.17) is 9.84 Å². The monoisotopic (exact) mass is 327 g/mol. The summed E-state index contributed by atoms with van der Waals surface area (Å²) in [6, 6.07) is 3.20. The summed E-state index contributed by atoms with van der Waals surface area (Å²) in [6.07, 6.45) is 0.821. The first kappa shape index (κ1) is 17.3. The zero-order chi connectivity index (χ0) is 16.9. The average Bonchev–Trinajstić information content (AvgIpc) is 2.51. The van der Waals surface area contributed by atoms with Gasteiger partial charge in [0.25, 0.3) is 0 Å². The third-order valence-electron chi connectivity index (χ3n) is 4.08. The lowest BCUT2D eigenvalue weighted by molar-refractivity contribution is -0.137. The molecule has 1 amide bonds. The summed E-state index contributed by atoms with van der Waals surface area (Å²) in [5, 5.41) is 11.3. The van der Waals surface area contributed by atoms with Crippen LogP contribution in [0.1, 0.15) is 31.2 Å². The fraction of sp³-hybridized carbons (Fsp3) is 0.500. The second-order valence-corrected chi connectivity index (χ2v) is 5.57. The Bertz CT molecular complexity index is 585. The first-order valence-electron chi connectivity index (χ1n) is 7.49. The second kappa shape index (κ2) is 7.50. The van der Waals surface area contributed by atoms with E-state index < -0.39 is 23.0 Å². The van der Waals surface area contributed by atoms with Crippen molar-refractivity contribution in [2.45, 2.75) is 31.1 Å². The highest BCUT2D eigenvalue weighted by Gasteiger charge is 2.43. The highest BCUT2D eigenvalue weighted by molar-refractivity contribution is 5.88. The van der Waals surface area contributed by atoms with Crippen LogP contribution < -0.4 is 5.32 Å². The number of halogens is 2. The first-order chi connectivity index (χ1) is 11.0. The lowest BCUT2D eigenvalue weighted by Gasteiger charge is -2.36. The van der Waals surface area contributed by atoms with E-state index in [9.17, 15) is 18.4 Å². The Morgan fingerprint density at radius 1 is 1.26 bits per heavy atom. The van der Waals surface area contributed by atoms with Gasteiger partial charge < -0.3 is 15.2 Å². The number of carboxylic acids is 1. The Kier molecular flexibility index (Phi) is 5.65. The largest absolute Gasteiger partial charge is 0.481 e. The van der Waals surface area contributed by atoms with E-state index in [0.29, 0.717) is 32.5 Å². The van der Waals surface area contributed by atoms with E-state index in [1.807, 2.05) is 0 Å². The number of carboxylic acid groups (broad SMARTS) is 1. The number of hydrogen-bond acceptors (Lipinski definition) is 3. The lowest BCUT2D eigenvalue weighted by Crippen LogP contribution is -2.48. The predicted octanol–water partition coefficient (Wildman–Crippen LogP) is 1.99. The Balaban J connectivity index is 2.18. The Morgan fingerprint density at radius 2 is 1.96 bits per heavy atom. The molecule has 0 bridgehead atoms. The van der Waals surface area contributed by atoms with Crippen molar-refractivity contribution in [1.82, 2.24) is 5.32 Å². The van der Waals surface area contributed by atoms with Gasteiger partial charge in [0.15, 0.2) is 0 Å². The molecule has 1 aliphatic rings. The molecule has 0 atom stereocenters. The van der Waals surface area contributed by atoms with Crippen LogP contribution in [0.3, 0.4) is 0 Å². The van der Waals surface area contributed by atoms with E-state index >= 15 is 0 Å². The topological polar surface area (TPSA) is 75.6 Å². The van der Waals surface area contributed by atoms with E-state index in [2.05, 4.69) is 5.32 Å². The highest BCUT2D eigenvalue weighted by Crippen LogP contribution is 2.36. The summed E-state index contributed by atoms with van der Waals surface area (Å²) in [5.74, 6) is -2.77. The number of aliphatic carboxylic acids is 1. The highest BCUT2D eigenvalue weighted by atomic mass is 19.1. The van der Waals surface area contributed by atoms with Gasteiger partial charge in [0.1, 0.15) is 11.6 Å². The molecule has 0 aromatic heterocycles. The molecule has 126 valence electrons. The quantitative estimate of drug-likeness (QED) is 0.784. The second-order valence-electron chi connectivity index (χ2n) is 5.57. The zero-order valence-electron chi connectivity index (χ0n) is 12.6.